The number of nitrogens with zero attached hydrogens (tertiary/aromatic N) is 3. The number of likely N-dealkylation sites (tertiary alicyclic amines) is 1. The normalized spacial score (nSPS) is 17.5. The topological polar surface area (TPSA) is 81.3 Å². The fourth-order valence-electron chi connectivity index (χ4n) is 2.76. The molecule has 1 aliphatic rings. The zero-order valence-electron chi connectivity index (χ0n) is 12.4. The number of methoxy groups -OCH3 is 1. The molecule has 0 aliphatic carbocycles. The summed E-state index contributed by atoms with van der Waals surface area (Å²) in [5.41, 5.74) is 7.18. The zero-order valence-corrected chi connectivity index (χ0v) is 12.4. The van der Waals surface area contributed by atoms with Gasteiger partial charge in [-0.1, -0.05) is 12.1 Å². The van der Waals surface area contributed by atoms with Crippen LogP contribution in [0.1, 0.15) is 28.4 Å². The maximum atomic E-state index is 12.5. The van der Waals surface area contributed by atoms with Gasteiger partial charge in [0.05, 0.1) is 7.11 Å². The Hall–Kier alpha value is -2.63. The first kappa shape index (κ1) is 14.3. The average molecular weight is 298 g/mol. The summed E-state index contributed by atoms with van der Waals surface area (Å²) in [6, 6.07) is 7.99. The third kappa shape index (κ3) is 2.72. The molecule has 1 aliphatic heterocycles. The Morgan fingerprint density at radius 2 is 2.00 bits per heavy atom. The number of ether oxygens (including phenoxy) is 1. The molecule has 6 nitrogen and oxygen atoms in total. The predicted molar refractivity (Wildman–Crippen MR) is 82.7 cm³/mol. The van der Waals surface area contributed by atoms with Crippen molar-refractivity contribution < 1.29 is 9.53 Å². The number of nitrogens with two attached hydrogens (primary N) is 1. The Morgan fingerprint density at radius 1 is 1.27 bits per heavy atom. The fraction of sp³-hybridized carbons (Fsp3) is 0.312. The molecule has 2 aromatic rings. The monoisotopic (exact) mass is 298 g/mol. The lowest BCUT2D eigenvalue weighted by molar-refractivity contribution is 0.0785. The van der Waals surface area contributed by atoms with E-state index in [1.54, 1.807) is 12.0 Å². The van der Waals surface area contributed by atoms with Gasteiger partial charge in [0.1, 0.15) is 5.75 Å². The van der Waals surface area contributed by atoms with Gasteiger partial charge in [-0.05, 0) is 24.1 Å². The van der Waals surface area contributed by atoms with Crippen LogP contribution in [-0.2, 0) is 0 Å². The second-order valence-electron chi connectivity index (χ2n) is 5.30. The quantitative estimate of drug-likeness (QED) is 0.932. The first-order valence-electron chi connectivity index (χ1n) is 7.18. The minimum atomic E-state index is -0.151. The molecule has 1 aromatic heterocycles. The minimum absolute atomic E-state index is 0.151. The van der Waals surface area contributed by atoms with E-state index in [4.69, 9.17) is 10.5 Å². The fourth-order valence-corrected chi connectivity index (χ4v) is 2.76. The number of hydrogen-bond donors (Lipinski definition) is 1. The van der Waals surface area contributed by atoms with E-state index in [2.05, 4.69) is 9.97 Å². The van der Waals surface area contributed by atoms with Gasteiger partial charge in [-0.3, -0.25) is 4.79 Å². The van der Waals surface area contributed by atoms with Gasteiger partial charge in [0, 0.05) is 31.4 Å². The highest BCUT2D eigenvalue weighted by Gasteiger charge is 2.29. The maximum absolute atomic E-state index is 12.5. The van der Waals surface area contributed by atoms with Crippen LogP contribution in [0, 0.1) is 0 Å². The number of amides is 1. The number of aromatic nitrogens is 2. The first-order chi connectivity index (χ1) is 10.7. The van der Waals surface area contributed by atoms with Crippen molar-refractivity contribution in [1.29, 1.82) is 0 Å². The number of benzene rings is 1. The van der Waals surface area contributed by atoms with Crippen molar-refractivity contribution in [1.82, 2.24) is 14.9 Å². The van der Waals surface area contributed by atoms with Crippen molar-refractivity contribution >= 4 is 11.7 Å². The van der Waals surface area contributed by atoms with Gasteiger partial charge in [0.15, 0.2) is 11.5 Å². The van der Waals surface area contributed by atoms with Gasteiger partial charge >= 0.3 is 0 Å². The van der Waals surface area contributed by atoms with Crippen LogP contribution >= 0.6 is 0 Å². The van der Waals surface area contributed by atoms with Crippen molar-refractivity contribution in [2.75, 3.05) is 25.9 Å². The van der Waals surface area contributed by atoms with Crippen LogP contribution in [0.3, 0.4) is 0 Å². The molecule has 1 atom stereocenters. The van der Waals surface area contributed by atoms with E-state index in [9.17, 15) is 4.79 Å². The second-order valence-corrected chi connectivity index (χ2v) is 5.30. The molecule has 0 spiro atoms. The highest BCUT2D eigenvalue weighted by molar-refractivity contribution is 5.96. The molecule has 0 saturated carbocycles. The van der Waals surface area contributed by atoms with Crippen molar-refractivity contribution in [2.24, 2.45) is 0 Å². The molecule has 114 valence electrons. The Balaban J connectivity index is 1.71. The van der Waals surface area contributed by atoms with Crippen LogP contribution < -0.4 is 10.5 Å². The van der Waals surface area contributed by atoms with Crippen LogP contribution in [0.2, 0.25) is 0 Å². The largest absolute Gasteiger partial charge is 0.497 e. The number of carbonyl (C=O) groups excluding carboxylic acids is 1. The number of carbonyl (C=O) groups is 1. The molecule has 3 rings (SSSR count). The van der Waals surface area contributed by atoms with Gasteiger partial charge in [-0.2, -0.15) is 0 Å². The van der Waals surface area contributed by atoms with Crippen LogP contribution in [0.25, 0.3) is 0 Å². The van der Waals surface area contributed by atoms with E-state index < -0.39 is 0 Å². The molecule has 1 amide bonds. The average Bonchev–Trinajstić information content (AvgIpc) is 3.05. The van der Waals surface area contributed by atoms with Crippen LogP contribution in [0.4, 0.5) is 5.82 Å². The van der Waals surface area contributed by atoms with E-state index in [0.29, 0.717) is 19.0 Å². The summed E-state index contributed by atoms with van der Waals surface area (Å²) in [6.07, 6.45) is 3.90. The highest BCUT2D eigenvalue weighted by Crippen LogP contribution is 2.29. The number of hydrogen-bond acceptors (Lipinski definition) is 5. The lowest BCUT2D eigenvalue weighted by Gasteiger charge is -2.16. The second kappa shape index (κ2) is 6.01. The maximum Gasteiger partial charge on any atom is 0.276 e. The van der Waals surface area contributed by atoms with E-state index in [-0.39, 0.29) is 17.4 Å². The van der Waals surface area contributed by atoms with Gasteiger partial charge < -0.3 is 15.4 Å². The first-order valence-corrected chi connectivity index (χ1v) is 7.18. The van der Waals surface area contributed by atoms with Gasteiger partial charge in [0.2, 0.25) is 0 Å². The molecule has 1 unspecified atom stereocenters. The van der Waals surface area contributed by atoms with Gasteiger partial charge in [-0.15, -0.1) is 0 Å². The molecule has 1 aromatic carbocycles. The molecular weight excluding hydrogens is 280 g/mol. The standard InChI is InChI=1S/C16H18N4O2/c1-22-13-4-2-11(3-5-13)12-6-9-20(10-12)16(21)14-15(17)19-8-7-18-14/h2-5,7-8,12H,6,9-10H2,1H3,(H2,17,19). The van der Waals surface area contributed by atoms with Crippen LogP contribution in [0.5, 0.6) is 5.75 Å². The van der Waals surface area contributed by atoms with Crippen molar-refractivity contribution in [3.63, 3.8) is 0 Å². The van der Waals surface area contributed by atoms with Gasteiger partial charge in [0.25, 0.3) is 5.91 Å². The van der Waals surface area contributed by atoms with E-state index in [1.807, 2.05) is 24.3 Å². The number of rotatable bonds is 3. The number of nitrogen functional groups attached to an aromatic ring is 1. The third-order valence-corrected chi connectivity index (χ3v) is 3.99. The number of anilines is 1. The van der Waals surface area contributed by atoms with Gasteiger partial charge in [-0.25, -0.2) is 9.97 Å². The highest BCUT2D eigenvalue weighted by atomic mass is 16.5. The molecule has 6 heteroatoms. The molecule has 0 radical (unpaired) electrons. The summed E-state index contributed by atoms with van der Waals surface area (Å²) in [5, 5.41) is 0. The Kier molecular flexibility index (Phi) is 3.91. The summed E-state index contributed by atoms with van der Waals surface area (Å²) in [5.74, 6) is 1.19. The van der Waals surface area contributed by atoms with Crippen molar-refractivity contribution in [2.45, 2.75) is 12.3 Å². The third-order valence-electron chi connectivity index (χ3n) is 3.99. The molecule has 2 N–H and O–H groups in total. The van der Waals surface area contributed by atoms with E-state index in [1.165, 1.54) is 18.0 Å². The summed E-state index contributed by atoms with van der Waals surface area (Å²) in [6.45, 7) is 1.37. The lowest BCUT2D eigenvalue weighted by atomic mass is 9.98. The summed E-state index contributed by atoms with van der Waals surface area (Å²) >= 11 is 0. The minimum Gasteiger partial charge on any atom is -0.497 e. The SMILES string of the molecule is COc1ccc(C2CCN(C(=O)c3nccnc3N)C2)cc1. The molecule has 1 fully saturated rings. The predicted octanol–water partition coefficient (Wildman–Crippen LogP) is 1.70. The summed E-state index contributed by atoms with van der Waals surface area (Å²) in [7, 11) is 1.65. The molecule has 22 heavy (non-hydrogen) atoms. The molecular formula is C16H18N4O2. The van der Waals surface area contributed by atoms with Crippen LogP contribution in [0.15, 0.2) is 36.7 Å². The molecule has 1 saturated heterocycles. The smallest absolute Gasteiger partial charge is 0.276 e. The lowest BCUT2D eigenvalue weighted by Crippen LogP contribution is -2.30. The molecule has 0 bridgehead atoms. The molecule has 2 heterocycles. The van der Waals surface area contributed by atoms with E-state index in [0.717, 1.165) is 12.2 Å². The summed E-state index contributed by atoms with van der Waals surface area (Å²) < 4.78 is 5.17. The Bertz CT molecular complexity index is 672. The zero-order chi connectivity index (χ0) is 15.5. The van der Waals surface area contributed by atoms with Crippen LogP contribution in [-0.4, -0.2) is 41.0 Å². The van der Waals surface area contributed by atoms with Crippen molar-refractivity contribution in [3.05, 3.63) is 47.9 Å². The Morgan fingerprint density at radius 3 is 2.68 bits per heavy atom. The van der Waals surface area contributed by atoms with E-state index >= 15 is 0 Å². The Labute approximate surface area is 128 Å². The summed E-state index contributed by atoms with van der Waals surface area (Å²) in [4.78, 5) is 22.2. The van der Waals surface area contributed by atoms with Crippen molar-refractivity contribution in [3.8, 4) is 5.75 Å².